The molecular weight excluding hydrogens is 196 g/mol. The molecule has 1 rings (SSSR count). The van der Waals surface area contributed by atoms with Crippen LogP contribution in [-0.4, -0.2) is 22.6 Å². The highest BCUT2D eigenvalue weighted by molar-refractivity contribution is 7.99. The fraction of sp³-hybridized carbons (Fsp3) is 0.455. The van der Waals surface area contributed by atoms with Crippen molar-refractivity contribution < 1.29 is 10.2 Å². The first-order valence-electron chi connectivity index (χ1n) is 4.69. The minimum absolute atomic E-state index is 0.0952. The number of hydrogen-bond acceptors (Lipinski definition) is 3. The third-order valence-corrected chi connectivity index (χ3v) is 3.29. The largest absolute Gasteiger partial charge is 0.396 e. The molecule has 0 aliphatic carbocycles. The average molecular weight is 212 g/mol. The maximum absolute atomic E-state index is 8.85. The normalized spacial score (nSPS) is 12.8. The van der Waals surface area contributed by atoms with E-state index < -0.39 is 0 Å². The smallest absolute Gasteiger partial charge is 0.0681 e. The Morgan fingerprint density at radius 2 is 1.86 bits per heavy atom. The van der Waals surface area contributed by atoms with E-state index in [2.05, 4.69) is 0 Å². The Labute approximate surface area is 89.0 Å². The van der Waals surface area contributed by atoms with Gasteiger partial charge in [-0.1, -0.05) is 19.1 Å². The lowest BCUT2D eigenvalue weighted by Crippen LogP contribution is -2.02. The second-order valence-corrected chi connectivity index (χ2v) is 4.49. The van der Waals surface area contributed by atoms with Gasteiger partial charge >= 0.3 is 0 Å². The molecule has 14 heavy (non-hydrogen) atoms. The van der Waals surface area contributed by atoms with E-state index >= 15 is 0 Å². The molecule has 1 unspecified atom stereocenters. The molecule has 0 aliphatic heterocycles. The quantitative estimate of drug-likeness (QED) is 0.732. The van der Waals surface area contributed by atoms with Gasteiger partial charge in [-0.3, -0.25) is 0 Å². The van der Waals surface area contributed by atoms with Crippen molar-refractivity contribution in [3.05, 3.63) is 29.8 Å². The van der Waals surface area contributed by atoms with Crippen molar-refractivity contribution in [3.8, 4) is 0 Å². The topological polar surface area (TPSA) is 40.5 Å². The van der Waals surface area contributed by atoms with E-state index in [0.29, 0.717) is 5.92 Å². The van der Waals surface area contributed by atoms with Crippen molar-refractivity contribution in [1.82, 2.24) is 0 Å². The third-order valence-electron chi connectivity index (χ3n) is 1.95. The maximum Gasteiger partial charge on any atom is 0.0681 e. The van der Waals surface area contributed by atoms with Gasteiger partial charge in [0.2, 0.25) is 0 Å². The number of thioether (sulfide) groups is 1. The van der Waals surface area contributed by atoms with Gasteiger partial charge in [0.1, 0.15) is 0 Å². The van der Waals surface area contributed by atoms with Crippen LogP contribution in [0, 0.1) is 5.92 Å². The summed E-state index contributed by atoms with van der Waals surface area (Å²) in [7, 11) is 0. The van der Waals surface area contributed by atoms with E-state index in [4.69, 9.17) is 10.2 Å². The second kappa shape index (κ2) is 6.06. The monoisotopic (exact) mass is 212 g/mol. The summed E-state index contributed by atoms with van der Waals surface area (Å²) in [6.07, 6.45) is 0. The molecule has 0 spiro atoms. The van der Waals surface area contributed by atoms with Gasteiger partial charge < -0.3 is 10.2 Å². The summed E-state index contributed by atoms with van der Waals surface area (Å²) in [5.41, 5.74) is 0.935. The molecule has 1 aromatic rings. The SMILES string of the molecule is CC(CO)CSc1ccc(CO)cc1. The van der Waals surface area contributed by atoms with E-state index in [1.165, 1.54) is 4.90 Å². The van der Waals surface area contributed by atoms with Crippen LogP contribution < -0.4 is 0 Å². The molecule has 0 aromatic heterocycles. The van der Waals surface area contributed by atoms with Gasteiger partial charge in [0.15, 0.2) is 0 Å². The lowest BCUT2D eigenvalue weighted by Gasteiger charge is -2.07. The number of aliphatic hydroxyl groups excluding tert-OH is 2. The first-order chi connectivity index (χ1) is 6.76. The van der Waals surface area contributed by atoms with Crippen LogP contribution in [0.4, 0.5) is 0 Å². The summed E-state index contributed by atoms with van der Waals surface area (Å²) in [5, 5.41) is 17.7. The van der Waals surface area contributed by atoms with Crippen molar-refractivity contribution in [3.63, 3.8) is 0 Å². The van der Waals surface area contributed by atoms with Crippen molar-refractivity contribution >= 4 is 11.8 Å². The first kappa shape index (κ1) is 11.6. The van der Waals surface area contributed by atoms with Gasteiger partial charge in [0, 0.05) is 17.3 Å². The summed E-state index contributed by atoms with van der Waals surface area (Å²) in [6, 6.07) is 7.85. The zero-order valence-electron chi connectivity index (χ0n) is 8.31. The van der Waals surface area contributed by atoms with Crippen LogP contribution in [0.2, 0.25) is 0 Å². The van der Waals surface area contributed by atoms with Gasteiger partial charge in [-0.05, 0) is 23.6 Å². The minimum Gasteiger partial charge on any atom is -0.396 e. The molecule has 0 radical (unpaired) electrons. The molecule has 0 saturated heterocycles. The molecule has 0 aliphatic rings. The summed E-state index contributed by atoms with van der Waals surface area (Å²) < 4.78 is 0. The van der Waals surface area contributed by atoms with E-state index in [9.17, 15) is 0 Å². The van der Waals surface area contributed by atoms with Gasteiger partial charge in [0.05, 0.1) is 6.61 Å². The fourth-order valence-electron chi connectivity index (χ4n) is 0.982. The highest BCUT2D eigenvalue weighted by Gasteiger charge is 2.01. The molecule has 78 valence electrons. The van der Waals surface area contributed by atoms with Crippen molar-refractivity contribution in [2.45, 2.75) is 18.4 Å². The molecule has 3 heteroatoms. The second-order valence-electron chi connectivity index (χ2n) is 3.40. The van der Waals surface area contributed by atoms with Crippen LogP contribution >= 0.6 is 11.8 Å². The molecule has 0 amide bonds. The van der Waals surface area contributed by atoms with Crippen LogP contribution in [-0.2, 0) is 6.61 Å². The van der Waals surface area contributed by atoms with Gasteiger partial charge in [-0.25, -0.2) is 0 Å². The Morgan fingerprint density at radius 3 is 2.36 bits per heavy atom. The predicted molar refractivity (Wildman–Crippen MR) is 59.3 cm³/mol. The van der Waals surface area contributed by atoms with E-state index in [1.54, 1.807) is 11.8 Å². The third kappa shape index (κ3) is 3.70. The van der Waals surface area contributed by atoms with Crippen LogP contribution in [0.3, 0.4) is 0 Å². The minimum atomic E-state index is 0.0952. The Morgan fingerprint density at radius 1 is 1.21 bits per heavy atom. The summed E-state index contributed by atoms with van der Waals surface area (Å²) in [5.74, 6) is 1.26. The summed E-state index contributed by atoms with van der Waals surface area (Å²) >= 11 is 1.73. The molecule has 0 saturated carbocycles. The Hall–Kier alpha value is -0.510. The predicted octanol–water partition coefficient (Wildman–Crippen LogP) is 1.90. The lowest BCUT2D eigenvalue weighted by molar-refractivity contribution is 0.250. The summed E-state index contributed by atoms with van der Waals surface area (Å²) in [6.45, 7) is 2.36. The lowest BCUT2D eigenvalue weighted by atomic mass is 10.2. The highest BCUT2D eigenvalue weighted by atomic mass is 32.2. The summed E-state index contributed by atoms with van der Waals surface area (Å²) in [4.78, 5) is 1.18. The number of rotatable bonds is 5. The molecular formula is C11H16O2S. The van der Waals surface area contributed by atoms with Crippen LogP contribution in [0.5, 0.6) is 0 Å². The first-order valence-corrected chi connectivity index (χ1v) is 5.68. The molecule has 2 N–H and O–H groups in total. The number of aliphatic hydroxyl groups is 2. The number of hydrogen-bond donors (Lipinski definition) is 2. The van der Waals surface area contributed by atoms with Crippen LogP contribution in [0.1, 0.15) is 12.5 Å². The molecule has 0 bridgehead atoms. The van der Waals surface area contributed by atoms with Crippen molar-refractivity contribution in [1.29, 1.82) is 0 Å². The molecule has 1 atom stereocenters. The maximum atomic E-state index is 8.85. The van der Waals surface area contributed by atoms with Crippen molar-refractivity contribution in [2.75, 3.05) is 12.4 Å². The number of benzene rings is 1. The van der Waals surface area contributed by atoms with Crippen LogP contribution in [0.15, 0.2) is 29.2 Å². The standard InChI is InChI=1S/C11H16O2S/c1-9(6-12)8-14-11-4-2-10(7-13)3-5-11/h2-5,9,12-13H,6-8H2,1H3. The van der Waals surface area contributed by atoms with Crippen LogP contribution in [0.25, 0.3) is 0 Å². The molecule has 2 nitrogen and oxygen atoms in total. The van der Waals surface area contributed by atoms with E-state index in [-0.39, 0.29) is 13.2 Å². The van der Waals surface area contributed by atoms with Gasteiger partial charge in [-0.15, -0.1) is 11.8 Å². The highest BCUT2D eigenvalue weighted by Crippen LogP contribution is 2.20. The van der Waals surface area contributed by atoms with Gasteiger partial charge in [-0.2, -0.15) is 0 Å². The van der Waals surface area contributed by atoms with Gasteiger partial charge in [0.25, 0.3) is 0 Å². The average Bonchev–Trinajstić information content (AvgIpc) is 2.26. The Bertz CT molecular complexity index is 258. The Balaban J connectivity index is 2.43. The fourth-order valence-corrected chi connectivity index (χ4v) is 1.89. The van der Waals surface area contributed by atoms with E-state index in [0.717, 1.165) is 11.3 Å². The molecule has 0 heterocycles. The zero-order chi connectivity index (χ0) is 10.4. The zero-order valence-corrected chi connectivity index (χ0v) is 9.13. The Kier molecular flexibility index (Phi) is 5.01. The molecule has 1 aromatic carbocycles. The molecule has 0 fully saturated rings. The van der Waals surface area contributed by atoms with Crippen molar-refractivity contribution in [2.24, 2.45) is 5.92 Å². The van der Waals surface area contributed by atoms with E-state index in [1.807, 2.05) is 31.2 Å².